The second kappa shape index (κ2) is 7.51. The summed E-state index contributed by atoms with van der Waals surface area (Å²) in [4.78, 5) is 10.1. The molecule has 0 aromatic heterocycles. The van der Waals surface area contributed by atoms with Crippen LogP contribution < -0.4 is 10.6 Å². The van der Waals surface area contributed by atoms with Gasteiger partial charge >= 0.3 is 32.7 Å². The molecule has 0 heterocycles. The van der Waals surface area contributed by atoms with E-state index in [0.29, 0.717) is 0 Å². The Morgan fingerprint density at radius 2 is 2.20 bits per heavy atom. The topological polar surface area (TPSA) is 41.1 Å². The van der Waals surface area contributed by atoms with Gasteiger partial charge in [0.05, 0.1) is 5.91 Å². The second-order valence-corrected chi connectivity index (χ2v) is 1.78. The summed E-state index contributed by atoms with van der Waals surface area (Å²) in [6.45, 7) is 10.0. The van der Waals surface area contributed by atoms with Crippen molar-refractivity contribution in [2.45, 2.75) is 13.0 Å². The van der Waals surface area contributed by atoms with Crippen molar-refractivity contribution >= 4 is 5.91 Å². The normalized spacial score (nSPS) is 11.4. The molecule has 4 heteroatoms. The standard InChI is InChI=1S/C6H11N2O.Y/c1-5(2)7-4-8-6(3)9;/h4-5,7H,1,3H2,2H3,(H,8,9);/q-3;+3. The Morgan fingerprint density at radius 1 is 1.70 bits per heavy atom. The maximum Gasteiger partial charge on any atom is 3.00 e. The SMILES string of the molecule is [CH2-]C(=O)N[CH-]NC([CH2-])C.[Y+3]. The Labute approximate surface area is 87.2 Å². The summed E-state index contributed by atoms with van der Waals surface area (Å²) < 4.78 is 0. The van der Waals surface area contributed by atoms with E-state index >= 15 is 0 Å². The number of nitrogens with one attached hydrogen (secondary N) is 2. The van der Waals surface area contributed by atoms with E-state index in [1.165, 1.54) is 6.67 Å². The van der Waals surface area contributed by atoms with Gasteiger partial charge in [0, 0.05) is 0 Å². The molecule has 0 radical (unpaired) electrons. The van der Waals surface area contributed by atoms with E-state index in [9.17, 15) is 4.79 Å². The van der Waals surface area contributed by atoms with E-state index in [0.717, 1.165) is 0 Å². The molecule has 0 spiro atoms. The number of rotatable bonds is 3. The third-order valence-electron chi connectivity index (χ3n) is 0.601. The third-order valence-corrected chi connectivity index (χ3v) is 0.601. The van der Waals surface area contributed by atoms with Gasteiger partial charge in [-0.2, -0.15) is 12.7 Å². The molecular weight excluding hydrogens is 205 g/mol. The Bertz CT molecular complexity index is 95.7. The molecule has 0 saturated heterocycles. The van der Waals surface area contributed by atoms with Gasteiger partial charge < -0.3 is 29.3 Å². The molecule has 0 bridgehead atoms. The van der Waals surface area contributed by atoms with Crippen molar-refractivity contribution in [2.75, 3.05) is 0 Å². The van der Waals surface area contributed by atoms with Gasteiger partial charge in [0.15, 0.2) is 0 Å². The molecule has 0 saturated carbocycles. The van der Waals surface area contributed by atoms with Crippen molar-refractivity contribution in [3.63, 3.8) is 0 Å². The van der Waals surface area contributed by atoms with E-state index in [1.54, 1.807) is 0 Å². The number of hydrogen-bond donors (Lipinski definition) is 2. The zero-order valence-electron chi connectivity index (χ0n) is 6.05. The van der Waals surface area contributed by atoms with Crippen LogP contribution in [0.5, 0.6) is 0 Å². The van der Waals surface area contributed by atoms with Crippen LogP contribution in [0.3, 0.4) is 0 Å². The van der Waals surface area contributed by atoms with Crippen LogP contribution >= 0.6 is 0 Å². The summed E-state index contributed by atoms with van der Waals surface area (Å²) in [5.74, 6) is -0.330. The van der Waals surface area contributed by atoms with Crippen LogP contribution in [0.25, 0.3) is 0 Å². The first-order valence-electron chi connectivity index (χ1n) is 2.66. The van der Waals surface area contributed by atoms with Crippen LogP contribution in [0.2, 0.25) is 0 Å². The van der Waals surface area contributed by atoms with E-state index in [-0.39, 0.29) is 44.7 Å². The summed E-state index contributed by atoms with van der Waals surface area (Å²) in [6.07, 6.45) is 0. The Kier molecular flexibility index (Phi) is 9.78. The molecule has 0 aromatic carbocycles. The molecule has 10 heavy (non-hydrogen) atoms. The minimum absolute atomic E-state index is 0. The van der Waals surface area contributed by atoms with Gasteiger partial charge in [0.1, 0.15) is 0 Å². The molecule has 54 valence electrons. The first kappa shape index (κ1) is 13.0. The molecule has 0 aromatic rings. The Balaban J connectivity index is 0. The van der Waals surface area contributed by atoms with Gasteiger partial charge in [-0.15, -0.1) is 0 Å². The molecule has 0 aliphatic rings. The maximum atomic E-state index is 10.1. The molecule has 0 aliphatic heterocycles. The smallest absolute Gasteiger partial charge is 0.518 e. The van der Waals surface area contributed by atoms with E-state index < -0.39 is 0 Å². The predicted molar refractivity (Wildman–Crippen MR) is 35.8 cm³/mol. The van der Waals surface area contributed by atoms with Gasteiger partial charge in [0.2, 0.25) is 0 Å². The monoisotopic (exact) mass is 216 g/mol. The number of carbonyl (C=O) groups is 1. The van der Waals surface area contributed by atoms with E-state index in [2.05, 4.69) is 24.5 Å². The van der Waals surface area contributed by atoms with Crippen LogP contribution in [0.15, 0.2) is 0 Å². The fourth-order valence-corrected chi connectivity index (χ4v) is 0.264. The average Bonchev–Trinajstić information content (AvgIpc) is 1.63. The molecule has 1 amide bonds. The molecule has 0 rings (SSSR count). The van der Waals surface area contributed by atoms with Crippen molar-refractivity contribution in [3.05, 3.63) is 20.5 Å². The van der Waals surface area contributed by atoms with Crippen LogP contribution in [-0.4, -0.2) is 11.9 Å². The van der Waals surface area contributed by atoms with Crippen molar-refractivity contribution < 1.29 is 37.5 Å². The summed E-state index contributed by atoms with van der Waals surface area (Å²) in [6, 6.07) is 0.0943. The first-order chi connectivity index (χ1) is 4.13. The molecule has 0 aliphatic carbocycles. The van der Waals surface area contributed by atoms with Crippen molar-refractivity contribution in [3.8, 4) is 0 Å². The van der Waals surface area contributed by atoms with Gasteiger partial charge in [-0.1, -0.05) is 6.92 Å². The zero-order valence-corrected chi connectivity index (χ0v) is 8.89. The maximum absolute atomic E-state index is 10.1. The van der Waals surface area contributed by atoms with E-state index in [4.69, 9.17) is 0 Å². The van der Waals surface area contributed by atoms with Crippen LogP contribution in [-0.2, 0) is 37.5 Å². The van der Waals surface area contributed by atoms with Crippen LogP contribution in [0.4, 0.5) is 0 Å². The third kappa shape index (κ3) is 11.2. The van der Waals surface area contributed by atoms with Crippen molar-refractivity contribution in [1.29, 1.82) is 0 Å². The minimum atomic E-state index is -0.330. The average molecular weight is 216 g/mol. The van der Waals surface area contributed by atoms with Crippen LogP contribution in [0, 0.1) is 20.5 Å². The molecule has 1 unspecified atom stereocenters. The fourth-order valence-electron chi connectivity index (χ4n) is 0.264. The fraction of sp³-hybridized carbons (Fsp3) is 0.333. The Morgan fingerprint density at radius 3 is 2.50 bits per heavy atom. The summed E-state index contributed by atoms with van der Waals surface area (Å²) in [5, 5.41) is 5.12. The number of hydrogen-bond acceptors (Lipinski definition) is 2. The Hall–Kier alpha value is 0.404. The van der Waals surface area contributed by atoms with Crippen LogP contribution in [0.1, 0.15) is 6.92 Å². The minimum Gasteiger partial charge on any atom is -0.518 e. The largest absolute Gasteiger partial charge is 3.00 e. The molecule has 3 nitrogen and oxygen atoms in total. The molecule has 2 N–H and O–H groups in total. The summed E-state index contributed by atoms with van der Waals surface area (Å²) in [5.41, 5.74) is 0. The van der Waals surface area contributed by atoms with E-state index in [1.807, 2.05) is 6.92 Å². The summed E-state index contributed by atoms with van der Waals surface area (Å²) in [7, 11) is 0. The number of carbonyl (C=O) groups excluding carboxylic acids is 1. The zero-order chi connectivity index (χ0) is 7.28. The van der Waals surface area contributed by atoms with Crippen molar-refractivity contribution in [1.82, 2.24) is 10.6 Å². The van der Waals surface area contributed by atoms with Gasteiger partial charge in [-0.3, -0.25) is 0 Å². The van der Waals surface area contributed by atoms with Gasteiger partial charge in [0.25, 0.3) is 0 Å². The van der Waals surface area contributed by atoms with Crippen molar-refractivity contribution in [2.24, 2.45) is 0 Å². The van der Waals surface area contributed by atoms with Gasteiger partial charge in [-0.05, 0) is 0 Å². The predicted octanol–water partition coefficient (Wildman–Crippen LogP) is -0.134. The molecule has 0 fully saturated rings. The number of amides is 1. The quantitative estimate of drug-likeness (QED) is 0.645. The summed E-state index contributed by atoms with van der Waals surface area (Å²) >= 11 is 0. The van der Waals surface area contributed by atoms with Gasteiger partial charge in [-0.25, -0.2) is 0 Å². The second-order valence-electron chi connectivity index (χ2n) is 1.78. The molecule has 1 atom stereocenters. The molecular formula is C6H11N2OY. The first-order valence-corrected chi connectivity index (χ1v) is 2.66.